The number of aryl methyl sites for hydroxylation is 2. The summed E-state index contributed by atoms with van der Waals surface area (Å²) < 4.78 is 0. The van der Waals surface area contributed by atoms with E-state index in [-0.39, 0.29) is 5.54 Å². The number of hydrogen-bond donors (Lipinski definition) is 2. The van der Waals surface area contributed by atoms with Gasteiger partial charge in [-0.25, -0.2) is 0 Å². The lowest BCUT2D eigenvalue weighted by Gasteiger charge is -2.24. The average Bonchev–Trinajstić information content (AvgIpc) is 2.43. The molecule has 0 unspecified atom stereocenters. The molecule has 1 aliphatic rings. The van der Waals surface area contributed by atoms with E-state index >= 15 is 0 Å². The molecule has 0 radical (unpaired) electrons. The Morgan fingerprint density at radius 2 is 1.84 bits per heavy atom. The molecule has 0 bridgehead atoms. The lowest BCUT2D eigenvalue weighted by atomic mass is 9.90. The Morgan fingerprint density at radius 1 is 1.11 bits per heavy atom. The zero-order valence-corrected chi connectivity index (χ0v) is 12.7. The van der Waals surface area contributed by atoms with Crippen LogP contribution in [-0.2, 0) is 19.3 Å². The smallest absolute Gasteiger partial charge is 0.0246 e. The topological polar surface area (TPSA) is 24.1 Å². The largest absolute Gasteiger partial charge is 0.315 e. The van der Waals surface area contributed by atoms with Crippen molar-refractivity contribution in [2.24, 2.45) is 0 Å². The molecular weight excluding hydrogens is 232 g/mol. The lowest BCUT2D eigenvalue weighted by molar-refractivity contribution is 0.395. The van der Waals surface area contributed by atoms with Gasteiger partial charge in [0.05, 0.1) is 0 Å². The van der Waals surface area contributed by atoms with E-state index < -0.39 is 0 Å². The number of likely N-dealkylation sites (N-methyl/N-ethyl adjacent to an activating group) is 1. The highest BCUT2D eigenvalue weighted by Crippen LogP contribution is 2.22. The van der Waals surface area contributed by atoms with Crippen molar-refractivity contribution < 1.29 is 0 Å². The third kappa shape index (κ3) is 4.32. The van der Waals surface area contributed by atoms with Crippen molar-refractivity contribution in [2.75, 3.05) is 20.1 Å². The first-order chi connectivity index (χ1) is 9.11. The van der Waals surface area contributed by atoms with E-state index in [2.05, 4.69) is 42.7 Å². The second-order valence-electron chi connectivity index (χ2n) is 6.37. The van der Waals surface area contributed by atoms with Crippen LogP contribution in [0.2, 0.25) is 0 Å². The summed E-state index contributed by atoms with van der Waals surface area (Å²) in [5.41, 5.74) is 4.84. The monoisotopic (exact) mass is 260 g/mol. The Bertz CT molecular complexity index is 410. The lowest BCUT2D eigenvalue weighted by Crippen LogP contribution is -2.46. The fourth-order valence-corrected chi connectivity index (χ4v) is 2.66. The SMILES string of the molecule is CNC(C)(C)CNCCc1ccc2c(c1)CCCC2. The molecule has 106 valence electrons. The molecule has 0 amide bonds. The molecule has 0 aromatic heterocycles. The summed E-state index contributed by atoms with van der Waals surface area (Å²) in [4.78, 5) is 0. The molecule has 0 spiro atoms. The maximum atomic E-state index is 3.54. The highest BCUT2D eigenvalue weighted by Gasteiger charge is 2.13. The van der Waals surface area contributed by atoms with Gasteiger partial charge >= 0.3 is 0 Å². The second kappa shape index (κ2) is 6.53. The van der Waals surface area contributed by atoms with Crippen LogP contribution in [0.15, 0.2) is 18.2 Å². The minimum atomic E-state index is 0.176. The van der Waals surface area contributed by atoms with Gasteiger partial charge in [0.25, 0.3) is 0 Å². The van der Waals surface area contributed by atoms with Gasteiger partial charge in [-0.3, -0.25) is 0 Å². The Hall–Kier alpha value is -0.860. The Balaban J connectivity index is 1.80. The molecule has 19 heavy (non-hydrogen) atoms. The van der Waals surface area contributed by atoms with E-state index in [0.717, 1.165) is 19.5 Å². The number of rotatable bonds is 6. The van der Waals surface area contributed by atoms with Crippen LogP contribution in [0.4, 0.5) is 0 Å². The van der Waals surface area contributed by atoms with Crippen molar-refractivity contribution in [1.29, 1.82) is 0 Å². The Morgan fingerprint density at radius 3 is 2.58 bits per heavy atom. The standard InChI is InChI=1S/C17H28N2/c1-17(2,18-3)13-19-11-10-14-8-9-15-6-4-5-7-16(15)12-14/h8-9,12,18-19H,4-7,10-11,13H2,1-3H3. The van der Waals surface area contributed by atoms with Crippen LogP contribution in [0.3, 0.4) is 0 Å². The van der Waals surface area contributed by atoms with Gasteiger partial charge < -0.3 is 10.6 Å². The molecule has 0 fully saturated rings. The molecule has 0 heterocycles. The minimum Gasteiger partial charge on any atom is -0.315 e. The van der Waals surface area contributed by atoms with Crippen LogP contribution in [0.1, 0.15) is 43.4 Å². The third-order valence-electron chi connectivity index (χ3n) is 4.25. The van der Waals surface area contributed by atoms with Crippen LogP contribution >= 0.6 is 0 Å². The van der Waals surface area contributed by atoms with E-state index in [0.29, 0.717) is 0 Å². The molecule has 1 aliphatic carbocycles. The van der Waals surface area contributed by atoms with Crippen molar-refractivity contribution in [3.05, 3.63) is 34.9 Å². The maximum absolute atomic E-state index is 3.54. The van der Waals surface area contributed by atoms with Crippen LogP contribution < -0.4 is 10.6 Å². The summed E-state index contributed by atoms with van der Waals surface area (Å²) in [6.45, 7) is 6.51. The molecule has 0 aliphatic heterocycles. The van der Waals surface area contributed by atoms with Gasteiger partial charge in [-0.15, -0.1) is 0 Å². The normalized spacial score (nSPS) is 15.3. The molecule has 2 N–H and O–H groups in total. The highest BCUT2D eigenvalue weighted by molar-refractivity contribution is 5.33. The van der Waals surface area contributed by atoms with Crippen molar-refractivity contribution in [1.82, 2.24) is 10.6 Å². The van der Waals surface area contributed by atoms with Crippen LogP contribution in [0.5, 0.6) is 0 Å². The predicted octanol–water partition coefficient (Wildman–Crippen LogP) is 2.70. The van der Waals surface area contributed by atoms with Gasteiger partial charge in [-0.2, -0.15) is 0 Å². The first-order valence-corrected chi connectivity index (χ1v) is 7.61. The summed E-state index contributed by atoms with van der Waals surface area (Å²) >= 11 is 0. The fourth-order valence-electron chi connectivity index (χ4n) is 2.66. The zero-order valence-electron chi connectivity index (χ0n) is 12.7. The first-order valence-electron chi connectivity index (χ1n) is 7.61. The summed E-state index contributed by atoms with van der Waals surface area (Å²) in [7, 11) is 2.02. The highest BCUT2D eigenvalue weighted by atomic mass is 15.0. The van der Waals surface area contributed by atoms with E-state index in [1.807, 2.05) is 7.05 Å². The number of nitrogens with one attached hydrogen (secondary N) is 2. The molecule has 1 aromatic carbocycles. The number of benzene rings is 1. The van der Waals surface area contributed by atoms with E-state index in [1.54, 1.807) is 11.1 Å². The second-order valence-corrected chi connectivity index (χ2v) is 6.37. The Labute approximate surface area is 118 Å². The summed E-state index contributed by atoms with van der Waals surface area (Å²) in [6.07, 6.45) is 6.43. The van der Waals surface area contributed by atoms with Crippen LogP contribution in [0, 0.1) is 0 Å². The summed E-state index contributed by atoms with van der Waals surface area (Å²) in [5.74, 6) is 0. The van der Waals surface area contributed by atoms with Crippen molar-refractivity contribution in [3.8, 4) is 0 Å². The molecule has 0 saturated heterocycles. The predicted molar refractivity (Wildman–Crippen MR) is 82.8 cm³/mol. The van der Waals surface area contributed by atoms with E-state index in [9.17, 15) is 0 Å². The molecule has 0 atom stereocenters. The first kappa shape index (κ1) is 14.5. The van der Waals surface area contributed by atoms with Gasteiger partial charge in [0.15, 0.2) is 0 Å². The molecule has 2 heteroatoms. The summed E-state index contributed by atoms with van der Waals surface area (Å²) in [5, 5.41) is 6.86. The molecular formula is C17H28N2. The van der Waals surface area contributed by atoms with E-state index in [1.165, 1.54) is 31.2 Å². The van der Waals surface area contributed by atoms with Gasteiger partial charge in [0.2, 0.25) is 0 Å². The minimum absolute atomic E-state index is 0.176. The van der Waals surface area contributed by atoms with Gasteiger partial charge in [-0.05, 0) is 76.2 Å². The number of fused-ring (bicyclic) bond motifs is 1. The molecule has 1 aromatic rings. The van der Waals surface area contributed by atoms with Gasteiger partial charge in [-0.1, -0.05) is 18.2 Å². The maximum Gasteiger partial charge on any atom is 0.0246 e. The molecule has 2 rings (SSSR count). The van der Waals surface area contributed by atoms with Gasteiger partial charge in [0, 0.05) is 12.1 Å². The fraction of sp³-hybridized carbons (Fsp3) is 0.647. The zero-order chi connectivity index (χ0) is 13.7. The van der Waals surface area contributed by atoms with Gasteiger partial charge in [0.1, 0.15) is 0 Å². The van der Waals surface area contributed by atoms with Crippen molar-refractivity contribution >= 4 is 0 Å². The molecule has 2 nitrogen and oxygen atoms in total. The summed E-state index contributed by atoms with van der Waals surface area (Å²) in [6, 6.07) is 7.09. The van der Waals surface area contributed by atoms with Crippen molar-refractivity contribution in [2.45, 2.75) is 51.5 Å². The molecule has 0 saturated carbocycles. The quantitative estimate of drug-likeness (QED) is 0.769. The Kier molecular flexibility index (Phi) is 5.00. The third-order valence-corrected chi connectivity index (χ3v) is 4.25. The average molecular weight is 260 g/mol. The van der Waals surface area contributed by atoms with E-state index in [4.69, 9.17) is 0 Å². The van der Waals surface area contributed by atoms with Crippen molar-refractivity contribution in [3.63, 3.8) is 0 Å². The van der Waals surface area contributed by atoms with Crippen LogP contribution in [-0.4, -0.2) is 25.7 Å². The van der Waals surface area contributed by atoms with Crippen LogP contribution in [0.25, 0.3) is 0 Å². The number of hydrogen-bond acceptors (Lipinski definition) is 2.